The zero-order chi connectivity index (χ0) is 59.3. The maximum Gasteiger partial charge on any atom is 0.424 e. The monoisotopic (exact) mass is 1140 g/mol. The maximum absolute atomic E-state index is 13.3. The van der Waals surface area contributed by atoms with Crippen LogP contribution in [0.3, 0.4) is 0 Å². The van der Waals surface area contributed by atoms with Crippen molar-refractivity contribution in [2.75, 3.05) is 33.2 Å². The van der Waals surface area contributed by atoms with E-state index < -0.39 is 17.9 Å². The fourth-order valence-electron chi connectivity index (χ4n) is 10.3. The molecule has 85 heavy (non-hydrogen) atoms. The summed E-state index contributed by atoms with van der Waals surface area (Å²) in [5, 5.41) is 0. The largest absolute Gasteiger partial charge is 0.488 e. The molecule has 2 saturated heterocycles. The van der Waals surface area contributed by atoms with E-state index >= 15 is 0 Å². The van der Waals surface area contributed by atoms with Crippen LogP contribution in [0.4, 0.5) is 9.59 Å². The molecule has 2 fully saturated rings. The number of imidazole rings is 2. The van der Waals surface area contributed by atoms with Crippen molar-refractivity contribution in [3.05, 3.63) is 246 Å². The molecular weight excluding hydrogens is 1070 g/mol. The molecule has 7 aromatic carbocycles. The van der Waals surface area contributed by atoms with Crippen molar-refractivity contribution in [2.24, 2.45) is 17.4 Å². The first-order valence-electron chi connectivity index (χ1n) is 28.8. The Morgan fingerprint density at radius 3 is 1.35 bits per heavy atom. The minimum absolute atomic E-state index is 0.131. The number of rotatable bonds is 17. The lowest BCUT2D eigenvalue weighted by molar-refractivity contribution is 0.0987. The van der Waals surface area contributed by atoms with Gasteiger partial charge in [-0.3, -0.25) is 24.0 Å². The number of nitrogens with two attached hydrogens (primary N) is 2. The van der Waals surface area contributed by atoms with E-state index in [1.807, 2.05) is 85.9 Å². The summed E-state index contributed by atoms with van der Waals surface area (Å²) in [5.74, 6) is 0.990. The predicted octanol–water partition coefficient (Wildman–Crippen LogP) is 12.4. The quantitative estimate of drug-likeness (QED) is 0.0881. The Bertz CT molecular complexity index is 3570. The highest BCUT2D eigenvalue weighted by molar-refractivity contribution is 5.97. The molecule has 4 N–H and O–H groups in total. The molecule has 9 aromatic rings. The second kappa shape index (κ2) is 30.1. The summed E-state index contributed by atoms with van der Waals surface area (Å²) in [7, 11) is 1.85. The van der Waals surface area contributed by atoms with Gasteiger partial charge >= 0.3 is 12.1 Å². The van der Waals surface area contributed by atoms with Gasteiger partial charge < -0.3 is 30.6 Å². The lowest BCUT2D eigenvalue weighted by Crippen LogP contribution is -2.46. The molecule has 3 amide bonds. The maximum atomic E-state index is 13.3. The lowest BCUT2D eigenvalue weighted by atomic mass is 9.94. The molecule has 4 heterocycles. The number of primary amides is 2. The number of carbonyl (C=O) groups excluding carboxylic acids is 4. The Labute approximate surface area is 497 Å². The summed E-state index contributed by atoms with van der Waals surface area (Å²) in [4.78, 5) is 65.2. The summed E-state index contributed by atoms with van der Waals surface area (Å²) >= 11 is 0. The number of para-hydroxylation sites is 1. The van der Waals surface area contributed by atoms with Crippen LogP contribution >= 0.6 is 0 Å². The topological polar surface area (TPSA) is 193 Å². The van der Waals surface area contributed by atoms with Crippen LogP contribution in [0.25, 0.3) is 22.5 Å². The van der Waals surface area contributed by atoms with E-state index in [9.17, 15) is 19.2 Å². The number of hydrogen-bond acceptors (Lipinski definition) is 11. The minimum atomic E-state index is -0.618. The number of ether oxygens (including phenoxy) is 3. The number of amides is 3. The molecule has 2 aromatic heterocycles. The average Bonchev–Trinajstić information content (AvgIpc) is 4.16. The van der Waals surface area contributed by atoms with Crippen molar-refractivity contribution >= 4 is 23.9 Å². The smallest absolute Gasteiger partial charge is 0.424 e. The molecule has 0 atom stereocenters. The van der Waals surface area contributed by atoms with Crippen LogP contribution in [-0.4, -0.2) is 97.0 Å². The van der Waals surface area contributed by atoms with Crippen LogP contribution in [0.1, 0.15) is 82.0 Å². The van der Waals surface area contributed by atoms with Gasteiger partial charge in [0, 0.05) is 62.8 Å². The first-order chi connectivity index (χ1) is 41.5. The number of hydrogen-bond donors (Lipinski definition) is 2. The zero-order valence-corrected chi connectivity index (χ0v) is 48.2. The van der Waals surface area contributed by atoms with E-state index in [-0.39, 0.29) is 23.2 Å². The van der Waals surface area contributed by atoms with E-state index in [0.29, 0.717) is 53.0 Å². The molecule has 16 nitrogen and oxygen atoms in total. The van der Waals surface area contributed by atoms with Gasteiger partial charge in [0.1, 0.15) is 43.1 Å². The molecule has 16 heteroatoms. The highest BCUT2D eigenvalue weighted by Crippen LogP contribution is 2.29. The number of benzene rings is 7. The van der Waals surface area contributed by atoms with Gasteiger partial charge in [0.15, 0.2) is 0 Å². The Hall–Kier alpha value is -9.64. The molecular formula is C69H73N9O7. The first-order valence-corrected chi connectivity index (χ1v) is 28.8. The second-order valence-electron chi connectivity index (χ2n) is 21.2. The summed E-state index contributed by atoms with van der Waals surface area (Å²) in [5.41, 5.74) is 18.8. The zero-order valence-electron chi connectivity index (χ0n) is 48.2. The Kier molecular flexibility index (Phi) is 21.2. The van der Waals surface area contributed by atoms with E-state index in [0.717, 1.165) is 56.1 Å². The van der Waals surface area contributed by atoms with Crippen molar-refractivity contribution in [3.8, 4) is 39.8 Å². The molecule has 11 rings (SSSR count). The van der Waals surface area contributed by atoms with E-state index in [2.05, 4.69) is 81.3 Å². The Morgan fingerprint density at radius 2 is 0.918 bits per heavy atom. The standard InChI is InChI=1S/C31H33N5O3.C24H19N3O4.C14H21N/c1-34(26-14-16-35(17-15-26)19-23-8-4-2-5-9-23)31(38)36-20-28(33-22-36)25-12-13-29(27(18-25)30(32)37)39-21-24-10-6-3-7-11-24;25-23(28)20-13-18(11-12-22(20)30-15-17-7-3-1-4-8-17)21-14-27(16-26-21)24(29)31-19-9-5-2-6-10-19;1-2-13-8-10-15(11-9-13)12-14-6-4-3-5-7-14/h2-13,18,20,22,26H,14-17,19,21H2,1H3,(H2,32,37);1-14,16H,15H2,(H2,25,28);3-7,13H,2,8-12H2,1H3. The molecule has 0 aliphatic carbocycles. The normalized spacial score (nSPS) is 13.7. The van der Waals surface area contributed by atoms with Crippen LogP contribution in [-0.2, 0) is 26.3 Å². The van der Waals surface area contributed by atoms with Gasteiger partial charge in [-0.1, -0.05) is 153 Å². The highest BCUT2D eigenvalue weighted by atomic mass is 16.6. The van der Waals surface area contributed by atoms with Gasteiger partial charge in [-0.2, -0.15) is 0 Å². The first kappa shape index (κ1) is 60.0. The van der Waals surface area contributed by atoms with Crippen molar-refractivity contribution < 1.29 is 33.4 Å². The third kappa shape index (κ3) is 17.2. The Balaban J connectivity index is 0.000000167. The lowest BCUT2D eigenvalue weighted by Gasteiger charge is -2.36. The third-order valence-corrected chi connectivity index (χ3v) is 15.3. The van der Waals surface area contributed by atoms with Crippen LogP contribution in [0.15, 0.2) is 213 Å². The predicted molar refractivity (Wildman–Crippen MR) is 330 cm³/mol. The SMILES string of the molecule is CCC1CCN(Cc2ccccc2)CC1.CN(C(=O)n1cnc(-c2ccc(OCc3ccccc3)c(C(N)=O)c2)c1)C1CCN(Cc2ccccc2)CC1.NC(=O)c1cc(-c2cn(C(=O)Oc3ccccc3)cn2)ccc1OCc1ccccc1. The third-order valence-electron chi connectivity index (χ3n) is 15.3. The van der Waals surface area contributed by atoms with Gasteiger partial charge in [0.2, 0.25) is 0 Å². The molecule has 0 bridgehead atoms. The fraction of sp³-hybridized carbons (Fsp3) is 0.246. The van der Waals surface area contributed by atoms with Crippen molar-refractivity contribution in [1.29, 1.82) is 0 Å². The van der Waals surface area contributed by atoms with Gasteiger partial charge in [-0.15, -0.1) is 0 Å². The summed E-state index contributed by atoms with van der Waals surface area (Å²) in [6.45, 7) is 9.47. The van der Waals surface area contributed by atoms with Crippen molar-refractivity contribution in [1.82, 2.24) is 33.8 Å². The molecule has 0 radical (unpaired) electrons. The Morgan fingerprint density at radius 1 is 0.518 bits per heavy atom. The molecule has 2 aliphatic rings. The molecule has 2 aliphatic heterocycles. The molecule has 0 spiro atoms. The highest BCUT2D eigenvalue weighted by Gasteiger charge is 2.27. The number of carbonyl (C=O) groups is 4. The van der Waals surface area contributed by atoms with Crippen LogP contribution in [0, 0.1) is 5.92 Å². The van der Waals surface area contributed by atoms with Gasteiger partial charge in [-0.05, 0) is 115 Å². The fourth-order valence-corrected chi connectivity index (χ4v) is 10.3. The number of aromatic nitrogens is 4. The van der Waals surface area contributed by atoms with E-state index in [1.54, 1.807) is 65.7 Å². The van der Waals surface area contributed by atoms with Gasteiger partial charge in [0.05, 0.1) is 22.5 Å². The van der Waals surface area contributed by atoms with Crippen LogP contribution in [0.5, 0.6) is 17.2 Å². The van der Waals surface area contributed by atoms with Gasteiger partial charge in [0.25, 0.3) is 11.8 Å². The number of piperidine rings is 2. The summed E-state index contributed by atoms with van der Waals surface area (Å²) in [6, 6.07) is 59.6. The van der Waals surface area contributed by atoms with E-state index in [4.69, 9.17) is 25.7 Å². The van der Waals surface area contributed by atoms with Crippen LogP contribution < -0.4 is 25.7 Å². The molecule has 0 saturated carbocycles. The van der Waals surface area contributed by atoms with Gasteiger partial charge in [-0.25, -0.2) is 24.1 Å². The summed E-state index contributed by atoms with van der Waals surface area (Å²) < 4.78 is 19.7. The minimum Gasteiger partial charge on any atom is -0.488 e. The second-order valence-corrected chi connectivity index (χ2v) is 21.2. The van der Waals surface area contributed by atoms with Crippen molar-refractivity contribution in [3.63, 3.8) is 0 Å². The van der Waals surface area contributed by atoms with Crippen LogP contribution in [0.2, 0.25) is 0 Å². The summed E-state index contributed by atoms with van der Waals surface area (Å²) in [6.07, 6.45) is 11.5. The number of nitrogens with zero attached hydrogens (tertiary/aromatic N) is 7. The number of likely N-dealkylation sites (tertiary alicyclic amines) is 2. The average molecular weight is 1140 g/mol. The van der Waals surface area contributed by atoms with Crippen molar-refractivity contribution in [2.45, 2.75) is 71.4 Å². The van der Waals surface area contributed by atoms with E-state index in [1.165, 1.54) is 71.5 Å². The molecule has 436 valence electrons. The molecule has 0 unspecified atom stereocenters.